The predicted octanol–water partition coefficient (Wildman–Crippen LogP) is 2.01. The molecule has 1 atom stereocenters. The first-order valence-corrected chi connectivity index (χ1v) is 5.81. The Morgan fingerprint density at radius 2 is 2.27 bits per heavy atom. The van der Waals surface area contributed by atoms with Crippen LogP contribution < -0.4 is 5.73 Å². The first-order valence-electron chi connectivity index (χ1n) is 4.65. The molecular formula is C9H17NS. The Labute approximate surface area is 73.1 Å². The molecule has 0 aromatic heterocycles. The van der Waals surface area contributed by atoms with Gasteiger partial charge in [-0.25, -0.2) is 0 Å². The van der Waals surface area contributed by atoms with Gasteiger partial charge in [-0.1, -0.05) is 0 Å². The molecule has 1 nitrogen and oxygen atoms in total. The van der Waals surface area contributed by atoms with Crippen LogP contribution >= 0.6 is 11.8 Å². The van der Waals surface area contributed by atoms with E-state index < -0.39 is 0 Å². The molecule has 1 aliphatic carbocycles. The van der Waals surface area contributed by atoms with E-state index in [4.69, 9.17) is 5.73 Å². The fraction of sp³-hybridized carbons (Fsp3) is 1.00. The molecule has 1 saturated carbocycles. The highest BCUT2D eigenvalue weighted by molar-refractivity contribution is 7.99. The summed E-state index contributed by atoms with van der Waals surface area (Å²) in [6.45, 7) is 0. The number of nitrogens with two attached hydrogens (primary N) is 1. The molecule has 0 aromatic carbocycles. The molecule has 1 unspecified atom stereocenters. The van der Waals surface area contributed by atoms with Crippen molar-refractivity contribution in [1.82, 2.24) is 0 Å². The predicted molar refractivity (Wildman–Crippen MR) is 50.8 cm³/mol. The lowest BCUT2D eigenvalue weighted by molar-refractivity contribution is 0.424. The maximum absolute atomic E-state index is 6.07. The maximum atomic E-state index is 6.07. The van der Waals surface area contributed by atoms with Crippen molar-refractivity contribution in [2.24, 2.45) is 11.7 Å². The second-order valence-corrected chi connectivity index (χ2v) is 5.30. The summed E-state index contributed by atoms with van der Waals surface area (Å²) in [5, 5.41) is 0. The van der Waals surface area contributed by atoms with Gasteiger partial charge in [0, 0.05) is 5.54 Å². The Morgan fingerprint density at radius 1 is 1.45 bits per heavy atom. The number of hydrogen-bond donors (Lipinski definition) is 1. The van der Waals surface area contributed by atoms with Gasteiger partial charge in [0.15, 0.2) is 0 Å². The lowest BCUT2D eigenvalue weighted by atomic mass is 9.96. The summed E-state index contributed by atoms with van der Waals surface area (Å²) in [6.07, 6.45) is 6.74. The van der Waals surface area contributed by atoms with Crippen molar-refractivity contribution in [3.8, 4) is 0 Å². The molecule has 64 valence electrons. The van der Waals surface area contributed by atoms with Gasteiger partial charge in [-0.3, -0.25) is 0 Å². The van der Waals surface area contributed by atoms with E-state index in [-0.39, 0.29) is 0 Å². The molecule has 11 heavy (non-hydrogen) atoms. The highest BCUT2D eigenvalue weighted by atomic mass is 32.2. The normalized spacial score (nSPS) is 35.2. The molecule has 1 aliphatic heterocycles. The number of hydrogen-bond acceptors (Lipinski definition) is 2. The van der Waals surface area contributed by atoms with E-state index in [2.05, 4.69) is 11.8 Å². The van der Waals surface area contributed by atoms with Gasteiger partial charge in [0.05, 0.1) is 0 Å². The van der Waals surface area contributed by atoms with Crippen LogP contribution in [0.15, 0.2) is 0 Å². The molecule has 2 aliphatic rings. The average molecular weight is 171 g/mol. The Morgan fingerprint density at radius 3 is 2.82 bits per heavy atom. The third-order valence-electron chi connectivity index (χ3n) is 2.84. The van der Waals surface area contributed by atoms with Gasteiger partial charge in [-0.05, 0) is 49.5 Å². The first kappa shape index (κ1) is 7.93. The van der Waals surface area contributed by atoms with Crippen molar-refractivity contribution in [1.29, 1.82) is 0 Å². The molecule has 2 fully saturated rings. The molecule has 2 heteroatoms. The molecule has 0 spiro atoms. The molecule has 2 rings (SSSR count). The van der Waals surface area contributed by atoms with Crippen molar-refractivity contribution in [2.45, 2.75) is 37.6 Å². The lowest BCUT2D eigenvalue weighted by Gasteiger charge is -2.23. The van der Waals surface area contributed by atoms with E-state index >= 15 is 0 Å². The molecule has 0 aromatic rings. The molecule has 0 bridgehead atoms. The maximum Gasteiger partial charge on any atom is 0.0158 e. The van der Waals surface area contributed by atoms with Crippen molar-refractivity contribution >= 4 is 11.8 Å². The zero-order valence-corrected chi connectivity index (χ0v) is 7.83. The molecule has 1 heterocycles. The van der Waals surface area contributed by atoms with E-state index in [1.165, 1.54) is 43.6 Å². The van der Waals surface area contributed by atoms with Crippen molar-refractivity contribution in [3.63, 3.8) is 0 Å². The van der Waals surface area contributed by atoms with Crippen LogP contribution in [0.4, 0.5) is 0 Å². The SMILES string of the molecule is NC1(CC2CCCSC2)CC1. The minimum atomic E-state index is 0.294. The highest BCUT2D eigenvalue weighted by Gasteiger charge is 2.39. The first-order chi connectivity index (χ1) is 5.29. The number of thioether (sulfide) groups is 1. The second-order valence-electron chi connectivity index (χ2n) is 4.15. The standard InChI is InChI=1S/C9H17NS/c10-9(3-4-9)6-8-2-1-5-11-7-8/h8H,1-7,10H2. The third-order valence-corrected chi connectivity index (χ3v) is 4.13. The third kappa shape index (κ3) is 2.12. The fourth-order valence-electron chi connectivity index (χ4n) is 1.91. The van der Waals surface area contributed by atoms with E-state index in [0.717, 1.165) is 5.92 Å². The van der Waals surface area contributed by atoms with Gasteiger partial charge in [0.1, 0.15) is 0 Å². The Kier molecular flexibility index (Phi) is 2.15. The Balaban J connectivity index is 1.76. The van der Waals surface area contributed by atoms with Crippen LogP contribution in [0.25, 0.3) is 0 Å². The quantitative estimate of drug-likeness (QED) is 0.688. The summed E-state index contributed by atoms with van der Waals surface area (Å²) in [5.41, 5.74) is 6.36. The zero-order valence-electron chi connectivity index (χ0n) is 7.01. The largest absolute Gasteiger partial charge is 0.325 e. The van der Waals surface area contributed by atoms with E-state index in [0.29, 0.717) is 5.54 Å². The molecule has 2 N–H and O–H groups in total. The monoisotopic (exact) mass is 171 g/mol. The Bertz CT molecular complexity index is 136. The summed E-state index contributed by atoms with van der Waals surface area (Å²) in [5.74, 6) is 3.70. The summed E-state index contributed by atoms with van der Waals surface area (Å²) in [4.78, 5) is 0. The van der Waals surface area contributed by atoms with Gasteiger partial charge in [0.2, 0.25) is 0 Å². The van der Waals surface area contributed by atoms with Gasteiger partial charge in [-0.15, -0.1) is 0 Å². The molecule has 0 amide bonds. The minimum absolute atomic E-state index is 0.294. The highest BCUT2D eigenvalue weighted by Crippen LogP contribution is 2.41. The van der Waals surface area contributed by atoms with Gasteiger partial charge in [-0.2, -0.15) is 11.8 Å². The smallest absolute Gasteiger partial charge is 0.0158 e. The van der Waals surface area contributed by atoms with Crippen LogP contribution in [-0.4, -0.2) is 17.0 Å². The van der Waals surface area contributed by atoms with Crippen LogP contribution in [0.2, 0.25) is 0 Å². The van der Waals surface area contributed by atoms with Crippen LogP contribution in [0.3, 0.4) is 0 Å². The van der Waals surface area contributed by atoms with Crippen LogP contribution in [0.5, 0.6) is 0 Å². The fourth-order valence-corrected chi connectivity index (χ4v) is 3.06. The topological polar surface area (TPSA) is 26.0 Å². The summed E-state index contributed by atoms with van der Waals surface area (Å²) < 4.78 is 0. The van der Waals surface area contributed by atoms with Gasteiger partial charge in [0.25, 0.3) is 0 Å². The average Bonchev–Trinajstić information content (AvgIpc) is 2.70. The lowest BCUT2D eigenvalue weighted by Crippen LogP contribution is -2.27. The van der Waals surface area contributed by atoms with E-state index in [1.54, 1.807) is 0 Å². The molecule has 1 saturated heterocycles. The van der Waals surface area contributed by atoms with E-state index in [1.807, 2.05) is 0 Å². The van der Waals surface area contributed by atoms with Crippen molar-refractivity contribution in [3.05, 3.63) is 0 Å². The Hall–Kier alpha value is 0.310. The van der Waals surface area contributed by atoms with Crippen molar-refractivity contribution in [2.75, 3.05) is 11.5 Å². The van der Waals surface area contributed by atoms with Crippen LogP contribution in [0.1, 0.15) is 32.1 Å². The summed E-state index contributed by atoms with van der Waals surface area (Å²) in [6, 6.07) is 0. The van der Waals surface area contributed by atoms with Gasteiger partial charge < -0.3 is 5.73 Å². The van der Waals surface area contributed by atoms with Crippen LogP contribution in [0, 0.1) is 5.92 Å². The minimum Gasteiger partial charge on any atom is -0.325 e. The second kappa shape index (κ2) is 2.98. The zero-order chi connectivity index (χ0) is 7.73. The molecular weight excluding hydrogens is 154 g/mol. The summed E-state index contributed by atoms with van der Waals surface area (Å²) >= 11 is 2.12. The number of rotatable bonds is 2. The van der Waals surface area contributed by atoms with Crippen LogP contribution in [-0.2, 0) is 0 Å². The van der Waals surface area contributed by atoms with E-state index in [9.17, 15) is 0 Å². The van der Waals surface area contributed by atoms with Crippen molar-refractivity contribution < 1.29 is 0 Å². The molecule has 0 radical (unpaired) electrons. The summed E-state index contributed by atoms with van der Waals surface area (Å²) in [7, 11) is 0. The van der Waals surface area contributed by atoms with Gasteiger partial charge >= 0.3 is 0 Å².